The number of carbonyl (C=O) groups excluding carboxylic acids is 1. The van der Waals surface area contributed by atoms with Gasteiger partial charge in [0.25, 0.3) is 5.56 Å². The van der Waals surface area contributed by atoms with Gasteiger partial charge in [-0.25, -0.2) is 0 Å². The van der Waals surface area contributed by atoms with E-state index < -0.39 is 0 Å². The summed E-state index contributed by atoms with van der Waals surface area (Å²) in [6.07, 6.45) is 0. The van der Waals surface area contributed by atoms with Gasteiger partial charge in [-0.15, -0.1) is 0 Å². The fourth-order valence-electron chi connectivity index (χ4n) is 2.33. The zero-order chi connectivity index (χ0) is 16.2. The predicted molar refractivity (Wildman–Crippen MR) is 90.5 cm³/mol. The van der Waals surface area contributed by atoms with Gasteiger partial charge in [-0.1, -0.05) is 41.9 Å². The molecule has 0 aliphatic carbocycles. The van der Waals surface area contributed by atoms with Crippen LogP contribution in [-0.4, -0.2) is 16.4 Å². The summed E-state index contributed by atoms with van der Waals surface area (Å²) in [6, 6.07) is 18.2. The van der Waals surface area contributed by atoms with Gasteiger partial charge in [-0.2, -0.15) is 5.26 Å². The standard InChI is InChI=1S/C17H13N3O2S/c18-10-11-19(13-6-2-1-3-7-13)16(21)12-20-17(22)14-8-4-5-9-15(14)23-20/h1-9H,11-12H2. The molecule has 1 amide bonds. The number of hydrogen-bond acceptors (Lipinski definition) is 4. The van der Waals surface area contributed by atoms with Crippen molar-refractivity contribution in [2.45, 2.75) is 6.54 Å². The van der Waals surface area contributed by atoms with Crippen molar-refractivity contribution in [2.75, 3.05) is 11.4 Å². The average molecular weight is 323 g/mol. The van der Waals surface area contributed by atoms with E-state index in [-0.39, 0.29) is 24.6 Å². The molecule has 0 fully saturated rings. The number of fused-ring (bicyclic) bond motifs is 1. The molecular formula is C17H13N3O2S. The van der Waals surface area contributed by atoms with E-state index in [1.807, 2.05) is 24.3 Å². The number of nitrogens with zero attached hydrogens (tertiary/aromatic N) is 3. The molecule has 3 aromatic rings. The van der Waals surface area contributed by atoms with Crippen molar-refractivity contribution in [1.82, 2.24) is 3.96 Å². The number of amides is 1. The molecule has 114 valence electrons. The molecule has 0 spiro atoms. The maximum absolute atomic E-state index is 12.6. The van der Waals surface area contributed by atoms with Crippen molar-refractivity contribution >= 4 is 33.2 Å². The van der Waals surface area contributed by atoms with E-state index in [1.54, 1.807) is 36.4 Å². The summed E-state index contributed by atoms with van der Waals surface area (Å²) in [7, 11) is 0. The molecule has 23 heavy (non-hydrogen) atoms. The summed E-state index contributed by atoms with van der Waals surface area (Å²) < 4.78 is 2.28. The lowest BCUT2D eigenvalue weighted by Gasteiger charge is -2.19. The Morgan fingerprint density at radius 3 is 2.52 bits per heavy atom. The second-order valence-corrected chi connectivity index (χ2v) is 5.97. The quantitative estimate of drug-likeness (QED) is 0.693. The molecule has 0 aliphatic rings. The molecule has 0 saturated heterocycles. The number of aromatic nitrogens is 1. The molecule has 0 atom stereocenters. The van der Waals surface area contributed by atoms with Crippen LogP contribution in [0.3, 0.4) is 0 Å². The molecule has 0 bridgehead atoms. The smallest absolute Gasteiger partial charge is 0.268 e. The summed E-state index contributed by atoms with van der Waals surface area (Å²) in [5, 5.41) is 9.58. The Labute approximate surface area is 136 Å². The summed E-state index contributed by atoms with van der Waals surface area (Å²) in [5.41, 5.74) is 0.470. The molecule has 1 aromatic heterocycles. The Bertz CT molecular complexity index is 938. The van der Waals surface area contributed by atoms with E-state index in [9.17, 15) is 9.59 Å². The van der Waals surface area contributed by atoms with Gasteiger partial charge < -0.3 is 0 Å². The third-order valence-corrected chi connectivity index (χ3v) is 4.50. The average Bonchev–Trinajstić information content (AvgIpc) is 2.89. The molecule has 1 heterocycles. The molecular weight excluding hydrogens is 310 g/mol. The maximum atomic E-state index is 12.6. The molecule has 0 saturated carbocycles. The van der Waals surface area contributed by atoms with Gasteiger partial charge in [0.2, 0.25) is 5.91 Å². The Morgan fingerprint density at radius 2 is 1.83 bits per heavy atom. The van der Waals surface area contributed by atoms with Crippen LogP contribution in [0.2, 0.25) is 0 Å². The number of nitriles is 1. The molecule has 2 aromatic carbocycles. The minimum absolute atomic E-state index is 0.0531. The number of hydrogen-bond donors (Lipinski definition) is 0. The Kier molecular flexibility index (Phi) is 4.22. The molecule has 0 radical (unpaired) electrons. The highest BCUT2D eigenvalue weighted by Crippen LogP contribution is 2.17. The van der Waals surface area contributed by atoms with Crippen LogP contribution in [0.4, 0.5) is 5.69 Å². The van der Waals surface area contributed by atoms with Crippen LogP contribution in [0.5, 0.6) is 0 Å². The third-order valence-electron chi connectivity index (χ3n) is 3.43. The van der Waals surface area contributed by atoms with Crippen LogP contribution < -0.4 is 10.5 Å². The van der Waals surface area contributed by atoms with E-state index >= 15 is 0 Å². The summed E-state index contributed by atoms with van der Waals surface area (Å²) in [5.74, 6) is -0.286. The fourth-order valence-corrected chi connectivity index (χ4v) is 3.32. The fraction of sp³-hybridized carbons (Fsp3) is 0.118. The highest BCUT2D eigenvalue weighted by atomic mass is 32.1. The predicted octanol–water partition coefficient (Wildman–Crippen LogP) is 2.62. The van der Waals surface area contributed by atoms with Crippen LogP contribution in [0.25, 0.3) is 10.1 Å². The van der Waals surface area contributed by atoms with E-state index in [0.717, 1.165) is 4.70 Å². The first-order valence-electron chi connectivity index (χ1n) is 7.02. The van der Waals surface area contributed by atoms with Crippen LogP contribution >= 0.6 is 11.5 Å². The van der Waals surface area contributed by atoms with Crippen molar-refractivity contribution < 1.29 is 4.79 Å². The van der Waals surface area contributed by atoms with E-state index in [0.29, 0.717) is 11.1 Å². The number of benzene rings is 2. The van der Waals surface area contributed by atoms with Gasteiger partial charge in [0.15, 0.2) is 0 Å². The van der Waals surface area contributed by atoms with Crippen molar-refractivity contribution in [3.05, 3.63) is 65.0 Å². The van der Waals surface area contributed by atoms with Crippen LogP contribution in [-0.2, 0) is 11.3 Å². The normalized spacial score (nSPS) is 10.4. The van der Waals surface area contributed by atoms with Crippen LogP contribution in [0.15, 0.2) is 59.4 Å². The van der Waals surface area contributed by atoms with Crippen molar-refractivity contribution in [3.63, 3.8) is 0 Å². The first-order chi connectivity index (χ1) is 11.2. The van der Waals surface area contributed by atoms with Crippen LogP contribution in [0, 0.1) is 11.3 Å². The van der Waals surface area contributed by atoms with Gasteiger partial charge >= 0.3 is 0 Å². The number of anilines is 1. The summed E-state index contributed by atoms with van der Waals surface area (Å²) in [4.78, 5) is 26.3. The van der Waals surface area contributed by atoms with Crippen LogP contribution in [0.1, 0.15) is 0 Å². The molecule has 0 unspecified atom stereocenters. The Balaban J connectivity index is 1.91. The van der Waals surface area contributed by atoms with Gasteiger partial charge in [0, 0.05) is 5.69 Å². The second-order valence-electron chi connectivity index (χ2n) is 4.90. The van der Waals surface area contributed by atoms with Crippen molar-refractivity contribution in [1.29, 1.82) is 5.26 Å². The Morgan fingerprint density at radius 1 is 1.13 bits per heavy atom. The highest BCUT2D eigenvalue weighted by Gasteiger charge is 2.18. The van der Waals surface area contributed by atoms with Gasteiger partial charge in [-0.3, -0.25) is 18.4 Å². The zero-order valence-corrected chi connectivity index (χ0v) is 13.0. The number of rotatable bonds is 4. The maximum Gasteiger partial charge on any atom is 0.268 e. The monoisotopic (exact) mass is 323 g/mol. The molecule has 0 N–H and O–H groups in total. The first-order valence-corrected chi connectivity index (χ1v) is 7.79. The lowest BCUT2D eigenvalue weighted by molar-refractivity contribution is -0.118. The first kappa shape index (κ1) is 15.0. The topological polar surface area (TPSA) is 66.1 Å². The lowest BCUT2D eigenvalue weighted by atomic mass is 10.2. The van der Waals surface area contributed by atoms with E-state index in [2.05, 4.69) is 0 Å². The number of carbonyl (C=O) groups is 1. The molecule has 6 heteroatoms. The zero-order valence-electron chi connectivity index (χ0n) is 12.2. The van der Waals surface area contributed by atoms with E-state index in [4.69, 9.17) is 5.26 Å². The molecule has 3 rings (SSSR count). The van der Waals surface area contributed by atoms with Crippen molar-refractivity contribution in [3.8, 4) is 6.07 Å². The lowest BCUT2D eigenvalue weighted by Crippen LogP contribution is -2.35. The third kappa shape index (κ3) is 3.00. The Hall–Kier alpha value is -2.91. The molecule has 0 aliphatic heterocycles. The summed E-state index contributed by atoms with van der Waals surface area (Å²) >= 11 is 1.26. The highest BCUT2D eigenvalue weighted by molar-refractivity contribution is 7.13. The second kappa shape index (κ2) is 6.46. The minimum atomic E-state index is -0.286. The van der Waals surface area contributed by atoms with Gasteiger partial charge in [-0.05, 0) is 24.3 Å². The largest absolute Gasteiger partial charge is 0.297 e. The minimum Gasteiger partial charge on any atom is -0.297 e. The number of para-hydroxylation sites is 1. The van der Waals surface area contributed by atoms with E-state index in [1.165, 1.54) is 20.4 Å². The summed E-state index contributed by atoms with van der Waals surface area (Å²) in [6.45, 7) is -0.128. The van der Waals surface area contributed by atoms with Crippen molar-refractivity contribution in [2.24, 2.45) is 0 Å². The van der Waals surface area contributed by atoms with Gasteiger partial charge in [0.05, 0.1) is 16.2 Å². The van der Waals surface area contributed by atoms with Gasteiger partial charge in [0.1, 0.15) is 13.1 Å². The molecule has 5 nitrogen and oxygen atoms in total. The SMILES string of the molecule is N#CCN(C(=O)Cn1sc2ccccc2c1=O)c1ccccc1.